The number of aryl methyl sites for hydroxylation is 1. The maximum atomic E-state index is 13.8. The van der Waals surface area contributed by atoms with Crippen LogP contribution in [0.15, 0.2) is 24.5 Å². The van der Waals surface area contributed by atoms with Crippen LogP contribution in [0.4, 0.5) is 8.78 Å². The molecule has 0 bridgehead atoms. The highest BCUT2D eigenvalue weighted by Gasteiger charge is 2.15. The summed E-state index contributed by atoms with van der Waals surface area (Å²) in [4.78, 5) is 14.6. The van der Waals surface area contributed by atoms with Gasteiger partial charge in [0.05, 0.1) is 0 Å². The van der Waals surface area contributed by atoms with Gasteiger partial charge < -0.3 is 0 Å². The smallest absolute Gasteiger partial charge is 0.150 e. The largest absolute Gasteiger partial charge is 0.298 e. The average Bonchev–Trinajstić information content (AvgIpc) is 2.77. The second-order valence-electron chi connectivity index (χ2n) is 3.91. The fourth-order valence-corrected chi connectivity index (χ4v) is 1.83. The number of aromatic nitrogens is 2. The molecule has 0 amide bonds. The molecule has 94 valence electrons. The number of hydrogen-bond donors (Lipinski definition) is 0. The van der Waals surface area contributed by atoms with E-state index in [1.807, 2.05) is 6.92 Å². The minimum absolute atomic E-state index is 0.0223. The van der Waals surface area contributed by atoms with Gasteiger partial charge in [-0.05, 0) is 18.6 Å². The third kappa shape index (κ3) is 2.16. The molecule has 0 fully saturated rings. The zero-order valence-corrected chi connectivity index (χ0v) is 9.86. The van der Waals surface area contributed by atoms with Crippen molar-refractivity contribution in [2.24, 2.45) is 0 Å². The Morgan fingerprint density at radius 3 is 2.56 bits per heavy atom. The summed E-state index contributed by atoms with van der Waals surface area (Å²) in [6.45, 7) is 1.96. The predicted octanol–water partition coefficient (Wildman–Crippen LogP) is 2.92. The van der Waals surface area contributed by atoms with Crippen molar-refractivity contribution in [1.29, 1.82) is 0 Å². The summed E-state index contributed by atoms with van der Waals surface area (Å²) < 4.78 is 29.0. The molecule has 0 aliphatic carbocycles. The predicted molar refractivity (Wildman–Crippen MR) is 62.9 cm³/mol. The molecule has 0 unspecified atom stereocenters. The van der Waals surface area contributed by atoms with Gasteiger partial charge in [0.2, 0.25) is 0 Å². The minimum Gasteiger partial charge on any atom is -0.298 e. The number of carbonyl (C=O) groups excluding carboxylic acids is 1. The van der Waals surface area contributed by atoms with Gasteiger partial charge in [-0.2, -0.15) is 0 Å². The van der Waals surface area contributed by atoms with E-state index >= 15 is 0 Å². The van der Waals surface area contributed by atoms with Crippen LogP contribution in [0.3, 0.4) is 0 Å². The van der Waals surface area contributed by atoms with E-state index in [0.29, 0.717) is 18.5 Å². The van der Waals surface area contributed by atoms with Crippen LogP contribution in [-0.4, -0.2) is 15.8 Å². The number of nitrogens with zero attached hydrogens (tertiary/aromatic N) is 2. The normalized spacial score (nSPS) is 10.6. The lowest BCUT2D eigenvalue weighted by Gasteiger charge is -2.10. The molecule has 1 aromatic heterocycles. The van der Waals surface area contributed by atoms with Crippen LogP contribution in [0.1, 0.15) is 29.5 Å². The summed E-state index contributed by atoms with van der Waals surface area (Å²) in [6, 6.07) is 2.03. The third-order valence-corrected chi connectivity index (χ3v) is 2.61. The SMILES string of the molecule is CCCc1nccn1-c1c(F)cc(C=O)cc1F. The van der Waals surface area contributed by atoms with Crippen LogP contribution in [0, 0.1) is 11.6 Å². The summed E-state index contributed by atoms with van der Waals surface area (Å²) in [6.07, 6.45) is 4.87. The second-order valence-corrected chi connectivity index (χ2v) is 3.91. The van der Waals surface area contributed by atoms with Gasteiger partial charge in [-0.25, -0.2) is 13.8 Å². The maximum absolute atomic E-state index is 13.8. The molecule has 18 heavy (non-hydrogen) atoms. The molecule has 0 N–H and O–H groups in total. The Balaban J connectivity index is 2.56. The molecule has 0 atom stereocenters. The molecule has 0 saturated heterocycles. The van der Waals surface area contributed by atoms with Gasteiger partial charge in [-0.15, -0.1) is 0 Å². The van der Waals surface area contributed by atoms with Crippen LogP contribution in [0.25, 0.3) is 5.69 Å². The lowest BCUT2D eigenvalue weighted by molar-refractivity contribution is 0.112. The van der Waals surface area contributed by atoms with Gasteiger partial charge >= 0.3 is 0 Å². The van der Waals surface area contributed by atoms with Crippen molar-refractivity contribution in [2.45, 2.75) is 19.8 Å². The molecule has 0 aliphatic heterocycles. The summed E-state index contributed by atoms with van der Waals surface area (Å²) in [7, 11) is 0. The van der Waals surface area contributed by atoms with E-state index in [1.165, 1.54) is 17.0 Å². The second kappa shape index (κ2) is 5.08. The number of imidazole rings is 1. The molecule has 1 aromatic carbocycles. The quantitative estimate of drug-likeness (QED) is 0.782. The fraction of sp³-hybridized carbons (Fsp3) is 0.231. The number of aldehydes is 1. The first kappa shape index (κ1) is 12.4. The van der Waals surface area contributed by atoms with Crippen LogP contribution >= 0.6 is 0 Å². The Morgan fingerprint density at radius 2 is 2.00 bits per heavy atom. The topological polar surface area (TPSA) is 34.9 Å². The van der Waals surface area contributed by atoms with Gasteiger partial charge in [0, 0.05) is 24.4 Å². The molecule has 3 nitrogen and oxygen atoms in total. The molecule has 1 heterocycles. The highest BCUT2D eigenvalue weighted by Crippen LogP contribution is 2.21. The van der Waals surface area contributed by atoms with E-state index in [2.05, 4.69) is 4.98 Å². The Labute approximate surface area is 103 Å². The number of halogens is 2. The van der Waals surface area contributed by atoms with Crippen molar-refractivity contribution in [2.75, 3.05) is 0 Å². The lowest BCUT2D eigenvalue weighted by Crippen LogP contribution is -2.06. The van der Waals surface area contributed by atoms with E-state index in [-0.39, 0.29) is 11.3 Å². The lowest BCUT2D eigenvalue weighted by atomic mass is 10.2. The van der Waals surface area contributed by atoms with Gasteiger partial charge in [0.1, 0.15) is 17.8 Å². The number of carbonyl (C=O) groups is 1. The molecule has 0 spiro atoms. The molecular weight excluding hydrogens is 238 g/mol. The van der Waals surface area contributed by atoms with E-state index < -0.39 is 11.6 Å². The number of rotatable bonds is 4. The number of hydrogen-bond acceptors (Lipinski definition) is 2. The van der Waals surface area contributed by atoms with Crippen molar-refractivity contribution >= 4 is 6.29 Å². The molecule has 0 saturated carbocycles. The molecule has 2 aromatic rings. The van der Waals surface area contributed by atoms with Crippen LogP contribution in [-0.2, 0) is 6.42 Å². The Hall–Kier alpha value is -2.04. The standard InChI is InChI=1S/C13H12F2N2O/c1-2-3-12-16-4-5-17(12)13-10(14)6-9(8-18)7-11(13)15/h4-8H,2-3H2,1H3. The highest BCUT2D eigenvalue weighted by atomic mass is 19.1. The molecule has 5 heteroatoms. The van der Waals surface area contributed by atoms with Gasteiger partial charge in [0.25, 0.3) is 0 Å². The van der Waals surface area contributed by atoms with Gasteiger partial charge in [-0.3, -0.25) is 9.36 Å². The zero-order chi connectivity index (χ0) is 13.1. The summed E-state index contributed by atoms with van der Waals surface area (Å²) in [5.74, 6) is -0.950. The van der Waals surface area contributed by atoms with Crippen molar-refractivity contribution in [3.63, 3.8) is 0 Å². The van der Waals surface area contributed by atoms with E-state index in [0.717, 1.165) is 18.6 Å². The minimum atomic E-state index is -0.771. The highest BCUT2D eigenvalue weighted by molar-refractivity contribution is 5.75. The first-order chi connectivity index (χ1) is 8.67. The van der Waals surface area contributed by atoms with E-state index in [4.69, 9.17) is 0 Å². The monoisotopic (exact) mass is 250 g/mol. The van der Waals surface area contributed by atoms with Crippen molar-refractivity contribution in [3.8, 4) is 5.69 Å². The summed E-state index contributed by atoms with van der Waals surface area (Å²) in [5, 5.41) is 0. The van der Waals surface area contributed by atoms with E-state index in [1.54, 1.807) is 0 Å². The third-order valence-electron chi connectivity index (χ3n) is 2.61. The fourth-order valence-electron chi connectivity index (χ4n) is 1.83. The first-order valence-corrected chi connectivity index (χ1v) is 5.64. The molecule has 0 aliphatic rings. The molecular formula is C13H12F2N2O. The summed E-state index contributed by atoms with van der Waals surface area (Å²) >= 11 is 0. The Bertz CT molecular complexity index is 555. The van der Waals surface area contributed by atoms with Crippen LogP contribution in [0.5, 0.6) is 0 Å². The summed E-state index contributed by atoms with van der Waals surface area (Å²) in [5.41, 5.74) is -0.215. The Kier molecular flexibility index (Phi) is 3.50. The maximum Gasteiger partial charge on any atom is 0.150 e. The van der Waals surface area contributed by atoms with Crippen LogP contribution in [0.2, 0.25) is 0 Å². The van der Waals surface area contributed by atoms with Crippen molar-refractivity contribution < 1.29 is 13.6 Å². The van der Waals surface area contributed by atoms with Crippen molar-refractivity contribution in [1.82, 2.24) is 9.55 Å². The van der Waals surface area contributed by atoms with Crippen LogP contribution < -0.4 is 0 Å². The van der Waals surface area contributed by atoms with E-state index in [9.17, 15) is 13.6 Å². The van der Waals surface area contributed by atoms with Gasteiger partial charge in [0.15, 0.2) is 11.6 Å². The molecule has 2 rings (SSSR count). The van der Waals surface area contributed by atoms with Gasteiger partial charge in [-0.1, -0.05) is 6.92 Å². The molecule has 0 radical (unpaired) electrons. The van der Waals surface area contributed by atoms with Crippen molar-refractivity contribution in [3.05, 3.63) is 47.5 Å². The Morgan fingerprint density at radius 1 is 1.33 bits per heavy atom. The average molecular weight is 250 g/mol. The zero-order valence-electron chi connectivity index (χ0n) is 9.86. The number of benzene rings is 1. The first-order valence-electron chi connectivity index (χ1n) is 5.64.